The first kappa shape index (κ1) is 14.7. The quantitative estimate of drug-likeness (QED) is 0.798. The van der Waals surface area contributed by atoms with Crippen LogP contribution in [0.15, 0.2) is 12.4 Å². The maximum atomic E-state index is 11.5. The molecule has 1 fully saturated rings. The van der Waals surface area contributed by atoms with Gasteiger partial charge in [0, 0.05) is 18.8 Å². The molecule has 1 aliphatic heterocycles. The van der Waals surface area contributed by atoms with Crippen molar-refractivity contribution in [3.05, 3.63) is 23.2 Å². The standard InChI is InChI=1S/C12H18ClN3O2S/c1-19(17,18)16-5-2-3-10(4-6-16)7-11-8-12(13)15-9-14-11/h8-10H,2-7H2,1H3/t10-/m0/s1. The van der Waals surface area contributed by atoms with E-state index >= 15 is 0 Å². The van der Waals surface area contributed by atoms with E-state index in [9.17, 15) is 8.42 Å². The normalized spacial score (nSPS) is 22.1. The highest BCUT2D eigenvalue weighted by Gasteiger charge is 2.23. The molecule has 19 heavy (non-hydrogen) atoms. The molecule has 1 saturated heterocycles. The van der Waals surface area contributed by atoms with Crippen LogP contribution in [0, 0.1) is 5.92 Å². The molecule has 0 bridgehead atoms. The molecule has 0 saturated carbocycles. The predicted octanol–water partition coefficient (Wildman–Crippen LogP) is 1.73. The van der Waals surface area contributed by atoms with E-state index in [1.807, 2.05) is 0 Å². The van der Waals surface area contributed by atoms with Crippen molar-refractivity contribution in [3.8, 4) is 0 Å². The highest BCUT2D eigenvalue weighted by Crippen LogP contribution is 2.22. The van der Waals surface area contributed by atoms with Crippen LogP contribution in [0.2, 0.25) is 5.15 Å². The first-order valence-electron chi connectivity index (χ1n) is 6.36. The summed E-state index contributed by atoms with van der Waals surface area (Å²) in [5.41, 5.74) is 0.929. The molecule has 0 aromatic carbocycles. The number of nitrogens with zero attached hydrogens (tertiary/aromatic N) is 3. The average molecular weight is 304 g/mol. The van der Waals surface area contributed by atoms with Gasteiger partial charge in [0.25, 0.3) is 0 Å². The monoisotopic (exact) mass is 303 g/mol. The van der Waals surface area contributed by atoms with Gasteiger partial charge in [-0.1, -0.05) is 11.6 Å². The van der Waals surface area contributed by atoms with Crippen molar-refractivity contribution < 1.29 is 8.42 Å². The minimum absolute atomic E-state index is 0.455. The summed E-state index contributed by atoms with van der Waals surface area (Å²) in [6.45, 7) is 1.22. The van der Waals surface area contributed by atoms with Gasteiger partial charge in [-0.2, -0.15) is 0 Å². The smallest absolute Gasteiger partial charge is 0.211 e. The maximum Gasteiger partial charge on any atom is 0.211 e. The Kier molecular flexibility index (Phi) is 4.76. The topological polar surface area (TPSA) is 63.2 Å². The van der Waals surface area contributed by atoms with Gasteiger partial charge in [-0.3, -0.25) is 0 Å². The first-order chi connectivity index (χ1) is 8.95. The summed E-state index contributed by atoms with van der Waals surface area (Å²) >= 11 is 5.84. The summed E-state index contributed by atoms with van der Waals surface area (Å²) < 4.78 is 24.6. The Morgan fingerprint density at radius 1 is 1.37 bits per heavy atom. The second-order valence-electron chi connectivity index (χ2n) is 5.00. The summed E-state index contributed by atoms with van der Waals surface area (Å²) in [4.78, 5) is 8.07. The molecule has 0 N–H and O–H groups in total. The first-order valence-corrected chi connectivity index (χ1v) is 8.59. The van der Waals surface area contributed by atoms with Crippen molar-refractivity contribution in [1.29, 1.82) is 0 Å². The SMILES string of the molecule is CS(=O)(=O)N1CCC[C@H](Cc2cc(Cl)ncn2)CC1. The molecule has 0 spiro atoms. The third-order valence-electron chi connectivity index (χ3n) is 3.46. The van der Waals surface area contributed by atoms with E-state index in [0.29, 0.717) is 24.2 Å². The lowest BCUT2D eigenvalue weighted by Crippen LogP contribution is -2.30. The molecule has 5 nitrogen and oxygen atoms in total. The summed E-state index contributed by atoms with van der Waals surface area (Å²) in [7, 11) is -3.07. The van der Waals surface area contributed by atoms with Crippen LogP contribution >= 0.6 is 11.6 Å². The van der Waals surface area contributed by atoms with Crippen LogP contribution < -0.4 is 0 Å². The molecule has 1 aliphatic rings. The molecule has 2 heterocycles. The minimum atomic E-state index is -3.07. The summed E-state index contributed by atoms with van der Waals surface area (Å²) in [6, 6.07) is 1.78. The van der Waals surface area contributed by atoms with Crippen LogP contribution in [0.3, 0.4) is 0 Å². The highest BCUT2D eigenvalue weighted by atomic mass is 35.5. The molecule has 0 amide bonds. The van der Waals surface area contributed by atoms with Gasteiger partial charge in [0.05, 0.1) is 6.26 Å². The van der Waals surface area contributed by atoms with Gasteiger partial charge in [-0.05, 0) is 37.7 Å². The zero-order valence-corrected chi connectivity index (χ0v) is 12.5. The zero-order valence-electron chi connectivity index (χ0n) is 10.9. The second-order valence-corrected chi connectivity index (χ2v) is 7.36. The van der Waals surface area contributed by atoms with Crippen molar-refractivity contribution in [2.24, 2.45) is 5.92 Å². The van der Waals surface area contributed by atoms with Gasteiger partial charge in [0.1, 0.15) is 11.5 Å². The van der Waals surface area contributed by atoms with Crippen LogP contribution in [0.5, 0.6) is 0 Å². The number of hydrogen-bond acceptors (Lipinski definition) is 4. The van der Waals surface area contributed by atoms with Crippen LogP contribution in [0.1, 0.15) is 25.0 Å². The molecule has 1 atom stereocenters. The third kappa shape index (κ3) is 4.40. The van der Waals surface area contributed by atoms with Crippen LogP contribution in [0.25, 0.3) is 0 Å². The third-order valence-corrected chi connectivity index (χ3v) is 4.97. The molecule has 0 aliphatic carbocycles. The number of sulfonamides is 1. The Balaban J connectivity index is 1.96. The fourth-order valence-electron chi connectivity index (χ4n) is 2.45. The lowest BCUT2D eigenvalue weighted by Gasteiger charge is -2.17. The number of aromatic nitrogens is 2. The maximum absolute atomic E-state index is 11.5. The number of halogens is 1. The fourth-order valence-corrected chi connectivity index (χ4v) is 3.52. The van der Waals surface area contributed by atoms with Crippen molar-refractivity contribution >= 4 is 21.6 Å². The largest absolute Gasteiger partial charge is 0.241 e. The Labute approximate surface area is 119 Å². The van der Waals surface area contributed by atoms with E-state index in [0.717, 1.165) is 31.4 Å². The van der Waals surface area contributed by atoms with E-state index < -0.39 is 10.0 Å². The second kappa shape index (κ2) is 6.15. The molecular formula is C12H18ClN3O2S. The molecule has 1 aromatic heterocycles. The van der Waals surface area contributed by atoms with Crippen molar-refractivity contribution in [2.45, 2.75) is 25.7 Å². The molecule has 0 unspecified atom stereocenters. The Hall–Kier alpha value is -0.720. The lowest BCUT2D eigenvalue weighted by atomic mass is 9.95. The van der Waals surface area contributed by atoms with E-state index in [1.165, 1.54) is 12.6 Å². The Bertz CT molecular complexity index is 536. The molecule has 0 radical (unpaired) electrons. The summed E-state index contributed by atoms with van der Waals surface area (Å²) in [5, 5.41) is 0.455. The Morgan fingerprint density at radius 3 is 2.84 bits per heavy atom. The van der Waals surface area contributed by atoms with E-state index in [2.05, 4.69) is 9.97 Å². The summed E-state index contributed by atoms with van der Waals surface area (Å²) in [5.74, 6) is 0.456. The average Bonchev–Trinajstić information content (AvgIpc) is 2.54. The van der Waals surface area contributed by atoms with Gasteiger partial charge < -0.3 is 0 Å². The van der Waals surface area contributed by atoms with E-state index in [-0.39, 0.29) is 0 Å². The number of hydrogen-bond donors (Lipinski definition) is 0. The van der Waals surface area contributed by atoms with Crippen LogP contribution in [-0.2, 0) is 16.4 Å². The van der Waals surface area contributed by atoms with Gasteiger partial charge in [-0.25, -0.2) is 22.7 Å². The van der Waals surface area contributed by atoms with E-state index in [4.69, 9.17) is 11.6 Å². The van der Waals surface area contributed by atoms with Gasteiger partial charge in [-0.15, -0.1) is 0 Å². The van der Waals surface area contributed by atoms with Gasteiger partial charge in [0.15, 0.2) is 0 Å². The summed E-state index contributed by atoms with van der Waals surface area (Å²) in [6.07, 6.45) is 6.37. The zero-order chi connectivity index (χ0) is 13.9. The van der Waals surface area contributed by atoms with Crippen LogP contribution in [0.4, 0.5) is 0 Å². The molecule has 106 valence electrons. The highest BCUT2D eigenvalue weighted by molar-refractivity contribution is 7.88. The van der Waals surface area contributed by atoms with Gasteiger partial charge in [0.2, 0.25) is 10.0 Å². The number of rotatable bonds is 3. The van der Waals surface area contributed by atoms with Crippen molar-refractivity contribution in [2.75, 3.05) is 19.3 Å². The Morgan fingerprint density at radius 2 is 2.16 bits per heavy atom. The molecular weight excluding hydrogens is 286 g/mol. The van der Waals surface area contributed by atoms with Crippen molar-refractivity contribution in [1.82, 2.24) is 14.3 Å². The minimum Gasteiger partial charge on any atom is -0.241 e. The molecule has 1 aromatic rings. The van der Waals surface area contributed by atoms with Gasteiger partial charge >= 0.3 is 0 Å². The lowest BCUT2D eigenvalue weighted by molar-refractivity contribution is 0.412. The fraction of sp³-hybridized carbons (Fsp3) is 0.667. The molecule has 2 rings (SSSR count). The van der Waals surface area contributed by atoms with E-state index in [1.54, 1.807) is 10.4 Å². The molecule has 7 heteroatoms. The van der Waals surface area contributed by atoms with Crippen LogP contribution in [-0.4, -0.2) is 42.0 Å². The predicted molar refractivity (Wildman–Crippen MR) is 74.5 cm³/mol. The van der Waals surface area contributed by atoms with Crippen molar-refractivity contribution in [3.63, 3.8) is 0 Å².